The normalized spacial score (nSPS) is 16.4. The van der Waals surface area contributed by atoms with Crippen molar-refractivity contribution in [3.05, 3.63) is 45.5 Å². The summed E-state index contributed by atoms with van der Waals surface area (Å²) < 4.78 is 0. The average Bonchev–Trinajstić information content (AvgIpc) is 2.41. The minimum atomic E-state index is -0.295. The molecule has 0 saturated heterocycles. The molecule has 1 saturated carbocycles. The zero-order chi connectivity index (χ0) is 13.5. The molecule has 0 aromatic heterocycles. The van der Waals surface area contributed by atoms with Gasteiger partial charge < -0.3 is 5.32 Å². The van der Waals surface area contributed by atoms with Crippen LogP contribution in [-0.4, -0.2) is 11.5 Å². The number of benzene rings is 1. The van der Waals surface area contributed by atoms with E-state index in [0.29, 0.717) is 0 Å². The fraction of sp³-hybridized carbons (Fsp3) is 0.600. The van der Waals surface area contributed by atoms with E-state index in [1.165, 1.54) is 37.7 Å². The topological polar surface area (TPSA) is 55.2 Å². The zero-order valence-corrected chi connectivity index (χ0v) is 11.3. The van der Waals surface area contributed by atoms with Gasteiger partial charge in [-0.2, -0.15) is 0 Å². The Balaban J connectivity index is 1.71. The van der Waals surface area contributed by atoms with Gasteiger partial charge in [-0.05, 0) is 30.9 Å². The lowest BCUT2D eigenvalue weighted by atomic mass is 9.89. The van der Waals surface area contributed by atoms with Gasteiger partial charge in [-0.25, -0.2) is 0 Å². The van der Waals surface area contributed by atoms with Gasteiger partial charge in [-0.1, -0.05) is 43.5 Å². The van der Waals surface area contributed by atoms with Crippen LogP contribution in [0.5, 0.6) is 0 Å². The maximum atomic E-state index is 10.4. The molecule has 1 aliphatic carbocycles. The summed E-state index contributed by atoms with van der Waals surface area (Å²) >= 11 is 0. The fourth-order valence-corrected chi connectivity index (χ4v) is 2.72. The minimum absolute atomic E-state index is 0.0875. The summed E-state index contributed by atoms with van der Waals surface area (Å²) in [4.78, 5) is 10.1. The number of hydrogen-bond acceptors (Lipinski definition) is 3. The predicted molar refractivity (Wildman–Crippen MR) is 75.4 cm³/mol. The Kier molecular flexibility index (Phi) is 5.33. The molecule has 2 rings (SSSR count). The van der Waals surface area contributed by atoms with Crippen LogP contribution >= 0.6 is 0 Å². The van der Waals surface area contributed by atoms with Crippen LogP contribution in [0.2, 0.25) is 0 Å². The average molecular weight is 262 g/mol. The van der Waals surface area contributed by atoms with E-state index in [1.54, 1.807) is 0 Å². The molecule has 4 heteroatoms. The van der Waals surface area contributed by atoms with E-state index >= 15 is 0 Å². The first-order valence-corrected chi connectivity index (χ1v) is 7.14. The summed E-state index contributed by atoms with van der Waals surface area (Å²) in [5.74, 6) is 0.836. The third-order valence-corrected chi connectivity index (χ3v) is 3.82. The predicted octanol–water partition coefficient (Wildman–Crippen LogP) is 3.13. The lowest BCUT2D eigenvalue weighted by Crippen LogP contribution is -2.24. The first-order chi connectivity index (χ1) is 9.24. The van der Waals surface area contributed by atoms with Crippen LogP contribution in [0.1, 0.15) is 43.2 Å². The van der Waals surface area contributed by atoms with Crippen molar-refractivity contribution in [2.75, 3.05) is 6.54 Å². The SMILES string of the molecule is O=[N+]([O-])Cc1ccc(CNCC2CCCCC2)cc1. The van der Waals surface area contributed by atoms with Crippen LogP contribution in [0.3, 0.4) is 0 Å². The van der Waals surface area contributed by atoms with Crippen molar-refractivity contribution in [3.8, 4) is 0 Å². The second-order valence-corrected chi connectivity index (χ2v) is 5.44. The molecule has 0 unspecified atom stereocenters. The Bertz CT molecular complexity index is 397. The molecule has 0 amide bonds. The van der Waals surface area contributed by atoms with Gasteiger partial charge in [0, 0.05) is 17.0 Å². The molecule has 0 spiro atoms. The van der Waals surface area contributed by atoms with Gasteiger partial charge in [0.25, 0.3) is 0 Å². The van der Waals surface area contributed by atoms with Crippen molar-refractivity contribution < 1.29 is 4.92 Å². The molecule has 104 valence electrons. The number of rotatable bonds is 6. The Morgan fingerprint density at radius 1 is 1.11 bits per heavy atom. The molecule has 1 aromatic rings. The van der Waals surface area contributed by atoms with Gasteiger partial charge in [-0.15, -0.1) is 0 Å². The Labute approximate surface area is 114 Å². The summed E-state index contributed by atoms with van der Waals surface area (Å²) in [5, 5.41) is 13.9. The largest absolute Gasteiger partial charge is 0.312 e. The quantitative estimate of drug-likeness (QED) is 0.633. The van der Waals surface area contributed by atoms with E-state index in [1.807, 2.05) is 24.3 Å². The summed E-state index contributed by atoms with van der Waals surface area (Å²) in [6.07, 6.45) is 6.86. The maximum Gasteiger partial charge on any atom is 0.228 e. The standard InChI is InChI=1S/C15H22N2O2/c18-17(19)12-15-8-6-14(7-9-15)11-16-10-13-4-2-1-3-5-13/h6-9,13,16H,1-5,10-12H2. The molecule has 4 nitrogen and oxygen atoms in total. The molecule has 0 atom stereocenters. The van der Waals surface area contributed by atoms with Gasteiger partial charge in [0.15, 0.2) is 0 Å². The number of nitrogens with zero attached hydrogens (tertiary/aromatic N) is 1. The lowest BCUT2D eigenvalue weighted by molar-refractivity contribution is -0.496. The van der Waals surface area contributed by atoms with Gasteiger partial charge in [-0.3, -0.25) is 10.1 Å². The Morgan fingerprint density at radius 3 is 2.37 bits per heavy atom. The Morgan fingerprint density at radius 2 is 1.74 bits per heavy atom. The zero-order valence-electron chi connectivity index (χ0n) is 11.3. The molecular formula is C15H22N2O2. The smallest absolute Gasteiger partial charge is 0.228 e. The molecule has 1 fully saturated rings. The first-order valence-electron chi connectivity index (χ1n) is 7.14. The number of nitro groups is 1. The van der Waals surface area contributed by atoms with Gasteiger partial charge >= 0.3 is 0 Å². The van der Waals surface area contributed by atoms with Crippen LogP contribution in [0.25, 0.3) is 0 Å². The fourth-order valence-electron chi connectivity index (χ4n) is 2.72. The highest BCUT2D eigenvalue weighted by atomic mass is 16.6. The number of hydrogen-bond donors (Lipinski definition) is 1. The first kappa shape index (κ1) is 14.0. The van der Waals surface area contributed by atoms with Crippen LogP contribution in [0, 0.1) is 16.0 Å². The molecule has 1 aromatic carbocycles. The van der Waals surface area contributed by atoms with Gasteiger partial charge in [0.1, 0.15) is 0 Å². The van der Waals surface area contributed by atoms with E-state index in [9.17, 15) is 10.1 Å². The van der Waals surface area contributed by atoms with Crippen LogP contribution in [0.15, 0.2) is 24.3 Å². The lowest BCUT2D eigenvalue weighted by Gasteiger charge is -2.21. The van der Waals surface area contributed by atoms with Gasteiger partial charge in [0.05, 0.1) is 0 Å². The maximum absolute atomic E-state index is 10.4. The monoisotopic (exact) mass is 262 g/mol. The van der Waals surface area contributed by atoms with Crippen molar-refractivity contribution in [2.45, 2.75) is 45.2 Å². The molecule has 0 bridgehead atoms. The van der Waals surface area contributed by atoms with Crippen molar-refractivity contribution in [1.82, 2.24) is 5.32 Å². The second-order valence-electron chi connectivity index (χ2n) is 5.44. The molecule has 19 heavy (non-hydrogen) atoms. The number of nitrogens with one attached hydrogen (secondary N) is 1. The van der Waals surface area contributed by atoms with E-state index in [4.69, 9.17) is 0 Å². The summed E-state index contributed by atoms with van der Waals surface area (Å²) in [6.45, 7) is 1.86. The molecule has 1 N–H and O–H groups in total. The molecule has 0 aliphatic heterocycles. The van der Waals surface area contributed by atoms with E-state index in [-0.39, 0.29) is 11.5 Å². The minimum Gasteiger partial charge on any atom is -0.312 e. The van der Waals surface area contributed by atoms with Gasteiger partial charge in [0.2, 0.25) is 6.54 Å². The summed E-state index contributed by atoms with van der Waals surface area (Å²) in [5.41, 5.74) is 1.96. The van der Waals surface area contributed by atoms with E-state index in [2.05, 4.69) is 5.32 Å². The molecule has 0 heterocycles. The molecule has 0 radical (unpaired) electrons. The van der Waals surface area contributed by atoms with Crippen molar-refractivity contribution >= 4 is 0 Å². The van der Waals surface area contributed by atoms with Crippen molar-refractivity contribution in [1.29, 1.82) is 0 Å². The second kappa shape index (κ2) is 7.24. The molecule has 1 aliphatic rings. The highest BCUT2D eigenvalue weighted by Gasteiger charge is 2.12. The van der Waals surface area contributed by atoms with Crippen LogP contribution in [-0.2, 0) is 13.1 Å². The van der Waals surface area contributed by atoms with Crippen LogP contribution in [0.4, 0.5) is 0 Å². The van der Waals surface area contributed by atoms with Crippen molar-refractivity contribution in [3.63, 3.8) is 0 Å². The third-order valence-electron chi connectivity index (χ3n) is 3.82. The van der Waals surface area contributed by atoms with E-state index < -0.39 is 0 Å². The highest BCUT2D eigenvalue weighted by Crippen LogP contribution is 2.22. The highest BCUT2D eigenvalue weighted by molar-refractivity contribution is 5.21. The van der Waals surface area contributed by atoms with Crippen molar-refractivity contribution in [2.24, 2.45) is 5.92 Å². The summed E-state index contributed by atoms with van der Waals surface area (Å²) in [7, 11) is 0. The third kappa shape index (κ3) is 4.99. The summed E-state index contributed by atoms with van der Waals surface area (Å²) in [6, 6.07) is 7.65. The van der Waals surface area contributed by atoms with Crippen LogP contribution < -0.4 is 5.32 Å². The molecular weight excluding hydrogens is 240 g/mol. The Hall–Kier alpha value is -1.42. The van der Waals surface area contributed by atoms with E-state index in [0.717, 1.165) is 24.6 Å².